The number of carboxylic acids is 1. The topological polar surface area (TPSA) is 76.6 Å². The fourth-order valence-corrected chi connectivity index (χ4v) is 3.11. The summed E-state index contributed by atoms with van der Waals surface area (Å²) in [5.74, 6) is -0.893. The van der Waals surface area contributed by atoms with Gasteiger partial charge < -0.3 is 15.0 Å². The summed E-state index contributed by atoms with van der Waals surface area (Å²) < 4.78 is 0. The molecule has 0 unspecified atom stereocenters. The molecule has 2 N–H and O–H groups in total. The molecule has 2 aromatic rings. The largest absolute Gasteiger partial charge is 0.480 e. The Balaban J connectivity index is 1.93. The van der Waals surface area contributed by atoms with Crippen LogP contribution in [0.15, 0.2) is 24.4 Å². The van der Waals surface area contributed by atoms with Gasteiger partial charge in [0, 0.05) is 53.9 Å². The first-order valence-corrected chi connectivity index (χ1v) is 7.40. The van der Waals surface area contributed by atoms with Crippen LogP contribution in [0.2, 0.25) is 5.02 Å². The van der Waals surface area contributed by atoms with Crippen LogP contribution in [0.3, 0.4) is 0 Å². The highest BCUT2D eigenvalue weighted by Gasteiger charge is 2.31. The highest BCUT2D eigenvalue weighted by molar-refractivity contribution is 6.31. The molecule has 1 aromatic heterocycles. The van der Waals surface area contributed by atoms with Crippen molar-refractivity contribution in [3.8, 4) is 0 Å². The summed E-state index contributed by atoms with van der Waals surface area (Å²) in [6.07, 6.45) is 2.53. The second kappa shape index (κ2) is 5.98. The number of aliphatic carboxylic acids is 1. The highest BCUT2D eigenvalue weighted by atomic mass is 35.5. The van der Waals surface area contributed by atoms with Crippen LogP contribution < -0.4 is 0 Å². The SMILES string of the molecule is O=CN1CCN([C@@H](C(=O)O)c2c[nH]c3cc(Cl)ccc23)CC1. The molecule has 1 saturated heterocycles. The number of piperazine rings is 1. The second-order valence-electron chi connectivity index (χ2n) is 5.35. The quantitative estimate of drug-likeness (QED) is 0.841. The van der Waals surface area contributed by atoms with E-state index < -0.39 is 12.0 Å². The molecule has 3 rings (SSSR count). The van der Waals surface area contributed by atoms with Crippen molar-refractivity contribution in [1.82, 2.24) is 14.8 Å². The normalized spacial score (nSPS) is 17.6. The maximum absolute atomic E-state index is 11.8. The third-order valence-corrected chi connectivity index (χ3v) is 4.30. The minimum atomic E-state index is -0.893. The molecule has 0 spiro atoms. The Labute approximate surface area is 132 Å². The van der Waals surface area contributed by atoms with Crippen LogP contribution in [0, 0.1) is 0 Å². The number of amides is 1. The minimum absolute atomic E-state index is 0.538. The van der Waals surface area contributed by atoms with Crippen molar-refractivity contribution in [3.63, 3.8) is 0 Å². The van der Waals surface area contributed by atoms with Gasteiger partial charge in [0.2, 0.25) is 6.41 Å². The number of carbonyl (C=O) groups is 2. The molecular weight excluding hydrogens is 306 g/mol. The number of nitrogens with one attached hydrogen (secondary N) is 1. The standard InChI is InChI=1S/C15H16ClN3O3/c16-10-1-2-11-12(8-17-13(11)7-10)14(15(21)22)19-5-3-18(9-20)4-6-19/h1-2,7-9,14,17H,3-6H2,(H,21,22)/t14-/m1/s1. The van der Waals surface area contributed by atoms with Gasteiger partial charge in [0.05, 0.1) is 0 Å². The van der Waals surface area contributed by atoms with Gasteiger partial charge in [-0.25, -0.2) is 0 Å². The fourth-order valence-electron chi connectivity index (χ4n) is 2.93. The summed E-state index contributed by atoms with van der Waals surface area (Å²) >= 11 is 5.97. The maximum Gasteiger partial charge on any atom is 0.325 e. The van der Waals surface area contributed by atoms with Crippen molar-refractivity contribution >= 4 is 34.9 Å². The van der Waals surface area contributed by atoms with Gasteiger partial charge in [-0.15, -0.1) is 0 Å². The van der Waals surface area contributed by atoms with Crippen LogP contribution in [0.4, 0.5) is 0 Å². The van der Waals surface area contributed by atoms with Crippen molar-refractivity contribution in [2.75, 3.05) is 26.2 Å². The molecule has 22 heavy (non-hydrogen) atoms. The van der Waals surface area contributed by atoms with Crippen LogP contribution in [-0.2, 0) is 9.59 Å². The molecule has 0 aliphatic carbocycles. The third-order valence-electron chi connectivity index (χ3n) is 4.07. The molecule has 1 aromatic carbocycles. The Bertz CT molecular complexity index is 707. The van der Waals surface area contributed by atoms with E-state index in [9.17, 15) is 14.7 Å². The third kappa shape index (κ3) is 2.67. The summed E-state index contributed by atoms with van der Waals surface area (Å²) in [4.78, 5) is 29.2. The van der Waals surface area contributed by atoms with E-state index in [0.717, 1.165) is 22.9 Å². The number of rotatable bonds is 4. The van der Waals surface area contributed by atoms with Gasteiger partial charge in [-0.1, -0.05) is 17.7 Å². The number of carbonyl (C=O) groups excluding carboxylic acids is 1. The molecular formula is C15H16ClN3O3. The van der Waals surface area contributed by atoms with E-state index in [1.807, 2.05) is 11.0 Å². The van der Waals surface area contributed by atoms with Gasteiger partial charge in [0.1, 0.15) is 6.04 Å². The summed E-state index contributed by atoms with van der Waals surface area (Å²) in [7, 11) is 0. The van der Waals surface area contributed by atoms with E-state index in [-0.39, 0.29) is 0 Å². The van der Waals surface area contributed by atoms with Crippen molar-refractivity contribution in [2.45, 2.75) is 6.04 Å². The lowest BCUT2D eigenvalue weighted by Gasteiger charge is -2.36. The van der Waals surface area contributed by atoms with Gasteiger partial charge in [-0.2, -0.15) is 0 Å². The van der Waals surface area contributed by atoms with E-state index in [2.05, 4.69) is 4.98 Å². The Morgan fingerprint density at radius 3 is 2.68 bits per heavy atom. The Hall–Kier alpha value is -2.05. The molecule has 1 atom stereocenters. The lowest BCUT2D eigenvalue weighted by atomic mass is 10.0. The summed E-state index contributed by atoms with van der Waals surface area (Å²) in [6, 6.07) is 4.64. The molecule has 2 heterocycles. The molecule has 0 saturated carbocycles. The predicted octanol–water partition coefficient (Wildman–Crippen LogP) is 1.72. The smallest absolute Gasteiger partial charge is 0.325 e. The molecule has 116 valence electrons. The first kappa shape index (κ1) is 14.9. The van der Waals surface area contributed by atoms with Crippen LogP contribution in [0.25, 0.3) is 10.9 Å². The number of aromatic nitrogens is 1. The molecule has 7 heteroatoms. The number of H-pyrrole nitrogens is 1. The zero-order valence-corrected chi connectivity index (χ0v) is 12.6. The summed E-state index contributed by atoms with van der Waals surface area (Å²) in [5.41, 5.74) is 1.54. The van der Waals surface area contributed by atoms with Gasteiger partial charge >= 0.3 is 5.97 Å². The Morgan fingerprint density at radius 1 is 1.32 bits per heavy atom. The second-order valence-corrected chi connectivity index (χ2v) is 5.79. The van der Waals surface area contributed by atoms with E-state index in [1.54, 1.807) is 23.2 Å². The molecule has 1 aliphatic heterocycles. The average Bonchev–Trinajstić information content (AvgIpc) is 2.90. The number of hydrogen-bond donors (Lipinski definition) is 2. The first-order chi connectivity index (χ1) is 10.6. The van der Waals surface area contributed by atoms with Crippen LogP contribution in [0.1, 0.15) is 11.6 Å². The van der Waals surface area contributed by atoms with Gasteiger partial charge in [0.15, 0.2) is 0 Å². The number of carboxylic acid groups (broad SMARTS) is 1. The van der Waals surface area contributed by atoms with Crippen LogP contribution in [-0.4, -0.2) is 58.4 Å². The van der Waals surface area contributed by atoms with E-state index >= 15 is 0 Å². The van der Waals surface area contributed by atoms with Crippen molar-refractivity contribution in [3.05, 3.63) is 35.0 Å². The molecule has 1 amide bonds. The number of benzene rings is 1. The highest BCUT2D eigenvalue weighted by Crippen LogP contribution is 2.30. The predicted molar refractivity (Wildman–Crippen MR) is 82.9 cm³/mol. The van der Waals surface area contributed by atoms with E-state index in [1.165, 1.54) is 0 Å². The van der Waals surface area contributed by atoms with Crippen molar-refractivity contribution in [2.24, 2.45) is 0 Å². The molecule has 1 fully saturated rings. The summed E-state index contributed by atoms with van der Waals surface area (Å²) in [6.45, 7) is 2.16. The van der Waals surface area contributed by atoms with Crippen molar-refractivity contribution < 1.29 is 14.7 Å². The van der Waals surface area contributed by atoms with Crippen LogP contribution >= 0.6 is 11.6 Å². The minimum Gasteiger partial charge on any atom is -0.480 e. The van der Waals surface area contributed by atoms with E-state index in [4.69, 9.17) is 11.6 Å². The van der Waals surface area contributed by atoms with Crippen molar-refractivity contribution in [1.29, 1.82) is 0 Å². The maximum atomic E-state index is 11.8. The monoisotopic (exact) mass is 321 g/mol. The van der Waals surface area contributed by atoms with Gasteiger partial charge in [-0.05, 0) is 12.1 Å². The first-order valence-electron chi connectivity index (χ1n) is 7.03. The molecule has 0 radical (unpaired) electrons. The fraction of sp³-hybridized carbons (Fsp3) is 0.333. The zero-order valence-electron chi connectivity index (χ0n) is 11.8. The summed E-state index contributed by atoms with van der Waals surface area (Å²) in [5, 5.41) is 11.1. The molecule has 0 bridgehead atoms. The van der Waals surface area contributed by atoms with Gasteiger partial charge in [-0.3, -0.25) is 14.5 Å². The lowest BCUT2D eigenvalue weighted by Crippen LogP contribution is -2.48. The zero-order chi connectivity index (χ0) is 15.7. The molecule has 1 aliphatic rings. The average molecular weight is 322 g/mol. The number of fused-ring (bicyclic) bond motifs is 1. The molecule has 6 nitrogen and oxygen atoms in total. The Kier molecular flexibility index (Phi) is 4.04. The number of aromatic amines is 1. The van der Waals surface area contributed by atoms with Crippen LogP contribution in [0.5, 0.6) is 0 Å². The number of nitrogens with zero attached hydrogens (tertiary/aromatic N) is 2. The van der Waals surface area contributed by atoms with Gasteiger partial charge in [0.25, 0.3) is 0 Å². The van der Waals surface area contributed by atoms with E-state index in [0.29, 0.717) is 31.2 Å². The Morgan fingerprint density at radius 2 is 2.05 bits per heavy atom. The number of hydrogen-bond acceptors (Lipinski definition) is 3. The lowest BCUT2D eigenvalue weighted by molar-refractivity contribution is -0.144. The number of halogens is 1.